The van der Waals surface area contributed by atoms with Gasteiger partial charge in [-0.2, -0.15) is 23.3 Å². The fraction of sp³-hybridized carbons (Fsp3) is 0.200. The molecule has 14 heteroatoms. The van der Waals surface area contributed by atoms with Gasteiger partial charge in [0.1, 0.15) is 5.69 Å². The summed E-state index contributed by atoms with van der Waals surface area (Å²) in [5.74, 6) is -12.9. The predicted molar refractivity (Wildman–Crippen MR) is 112 cm³/mol. The monoisotopic (exact) mass is 606 g/mol. The summed E-state index contributed by atoms with van der Waals surface area (Å²) in [6.07, 6.45) is -3.45. The van der Waals surface area contributed by atoms with E-state index in [0.29, 0.717) is 0 Å². The van der Waals surface area contributed by atoms with E-state index in [-0.39, 0.29) is 36.9 Å². The molecule has 3 rings (SSSR count). The summed E-state index contributed by atoms with van der Waals surface area (Å²) in [4.78, 5) is 12.7. The Labute approximate surface area is 199 Å². The van der Waals surface area contributed by atoms with Crippen LogP contribution in [0.5, 0.6) is 11.5 Å². The van der Waals surface area contributed by atoms with Crippen LogP contribution >= 0.6 is 22.6 Å². The van der Waals surface area contributed by atoms with Crippen molar-refractivity contribution >= 4 is 46.0 Å². The van der Waals surface area contributed by atoms with Crippen molar-refractivity contribution in [3.63, 3.8) is 0 Å². The molecule has 182 valence electrons. The van der Waals surface area contributed by atoms with Gasteiger partial charge in [0.15, 0.2) is 41.4 Å². The number of carbonyl (C=O) groups excluding carboxylic acids is 1. The zero-order chi connectivity index (χ0) is 25.5. The van der Waals surface area contributed by atoms with E-state index in [0.717, 1.165) is 6.08 Å². The molecule has 0 radical (unpaired) electrons. The number of methoxy groups -OCH3 is 1. The smallest absolute Gasteiger partial charge is 0.422 e. The minimum Gasteiger partial charge on any atom is -0.493 e. The van der Waals surface area contributed by atoms with Gasteiger partial charge in [0.2, 0.25) is 5.82 Å². The molecule has 5 nitrogen and oxygen atoms in total. The number of benzene rings is 2. The average Bonchev–Trinajstić information content (AvgIpc) is 3.02. The van der Waals surface area contributed by atoms with Crippen LogP contribution in [-0.2, 0) is 4.79 Å². The van der Waals surface area contributed by atoms with Crippen molar-refractivity contribution in [2.75, 3.05) is 18.7 Å². The predicted octanol–water partition coefficient (Wildman–Crippen LogP) is 5.74. The van der Waals surface area contributed by atoms with Crippen molar-refractivity contribution in [3.05, 3.63) is 55.9 Å². The Morgan fingerprint density at radius 1 is 1.03 bits per heavy atom. The van der Waals surface area contributed by atoms with Gasteiger partial charge in [-0.1, -0.05) is 0 Å². The lowest BCUT2D eigenvalue weighted by Gasteiger charge is -2.15. The number of hydrogen-bond acceptors (Lipinski definition) is 4. The van der Waals surface area contributed by atoms with Crippen LogP contribution in [0.15, 0.2) is 22.8 Å². The fourth-order valence-corrected chi connectivity index (χ4v) is 3.68. The van der Waals surface area contributed by atoms with Gasteiger partial charge in [0.25, 0.3) is 5.91 Å². The fourth-order valence-electron chi connectivity index (χ4n) is 2.90. The van der Waals surface area contributed by atoms with Gasteiger partial charge in [-0.25, -0.2) is 22.0 Å². The first-order valence-corrected chi connectivity index (χ1v) is 10.0. The molecule has 1 heterocycles. The maximum Gasteiger partial charge on any atom is 0.422 e. The first-order chi connectivity index (χ1) is 15.8. The van der Waals surface area contributed by atoms with Crippen LogP contribution in [0.1, 0.15) is 12.5 Å². The number of anilines is 1. The molecule has 0 fully saturated rings. The van der Waals surface area contributed by atoms with Crippen molar-refractivity contribution < 1.29 is 49.4 Å². The number of nitrogens with zero attached hydrogens (tertiary/aromatic N) is 2. The molecule has 1 aliphatic heterocycles. The van der Waals surface area contributed by atoms with Crippen LogP contribution < -0.4 is 14.5 Å². The summed E-state index contributed by atoms with van der Waals surface area (Å²) < 4.78 is 116. The highest BCUT2D eigenvalue weighted by Gasteiger charge is 2.37. The normalized spacial score (nSPS) is 15.3. The van der Waals surface area contributed by atoms with E-state index >= 15 is 0 Å². The molecule has 2 aromatic carbocycles. The second kappa shape index (κ2) is 9.38. The Kier molecular flexibility index (Phi) is 7.10. The largest absolute Gasteiger partial charge is 0.493 e. The molecule has 0 bridgehead atoms. The topological polar surface area (TPSA) is 51.1 Å². The third kappa shape index (κ3) is 4.81. The van der Waals surface area contributed by atoms with Crippen LogP contribution in [0, 0.1) is 32.7 Å². The molecule has 34 heavy (non-hydrogen) atoms. The van der Waals surface area contributed by atoms with Gasteiger partial charge in [-0.15, -0.1) is 0 Å². The third-order valence-electron chi connectivity index (χ3n) is 4.40. The molecule has 0 saturated heterocycles. The highest BCUT2D eigenvalue weighted by atomic mass is 127. The molecule has 0 unspecified atom stereocenters. The average molecular weight is 606 g/mol. The molecule has 0 spiro atoms. The number of carbonyl (C=O) groups is 1. The summed E-state index contributed by atoms with van der Waals surface area (Å²) in [5, 5.41) is 3.65. The first kappa shape index (κ1) is 25.7. The number of alkyl halides is 3. The van der Waals surface area contributed by atoms with E-state index in [1.807, 2.05) is 0 Å². The molecular weight excluding hydrogens is 595 g/mol. The Balaban J connectivity index is 2.01. The zero-order valence-electron chi connectivity index (χ0n) is 17.0. The molecule has 1 aliphatic rings. The summed E-state index contributed by atoms with van der Waals surface area (Å²) >= 11 is 1.67. The zero-order valence-corrected chi connectivity index (χ0v) is 19.1. The van der Waals surface area contributed by atoms with E-state index in [1.54, 1.807) is 22.6 Å². The van der Waals surface area contributed by atoms with Crippen molar-refractivity contribution in [2.24, 2.45) is 5.10 Å². The van der Waals surface area contributed by atoms with Crippen LogP contribution in [0.4, 0.5) is 40.8 Å². The van der Waals surface area contributed by atoms with Gasteiger partial charge >= 0.3 is 6.18 Å². The van der Waals surface area contributed by atoms with Crippen molar-refractivity contribution in [3.8, 4) is 11.5 Å². The van der Waals surface area contributed by atoms with Crippen molar-refractivity contribution in [1.29, 1.82) is 0 Å². The minimum absolute atomic E-state index is 0.0421. The number of rotatable bonds is 5. The van der Waals surface area contributed by atoms with Crippen LogP contribution in [0.2, 0.25) is 0 Å². The Hall–Kier alpha value is -2.91. The number of halogens is 9. The summed E-state index contributed by atoms with van der Waals surface area (Å²) in [6, 6.07) is 2.55. The van der Waals surface area contributed by atoms with Gasteiger partial charge in [0.05, 0.1) is 22.0 Å². The molecule has 0 aliphatic carbocycles. The number of amides is 1. The first-order valence-electron chi connectivity index (χ1n) is 8.97. The number of ether oxygens (including phenoxy) is 2. The Bertz CT molecular complexity index is 1210. The SMILES string of the molecule is COc1cc(/C=C2/C(=O)N(c3c(F)c(F)c(F)c(F)c3F)N=C2C)cc(I)c1OCC(F)(F)F. The molecule has 0 atom stereocenters. The number of hydrazone groups is 1. The second-order valence-electron chi connectivity index (χ2n) is 6.72. The van der Waals surface area contributed by atoms with Gasteiger partial charge in [0, 0.05) is 0 Å². The molecular formula is C20H11F8IN2O3. The molecule has 0 aromatic heterocycles. The molecule has 1 amide bonds. The lowest BCUT2D eigenvalue weighted by molar-refractivity contribution is -0.153. The summed E-state index contributed by atoms with van der Waals surface area (Å²) in [6.45, 7) is -0.334. The Morgan fingerprint density at radius 2 is 1.59 bits per heavy atom. The quantitative estimate of drug-likeness (QED) is 0.144. The van der Waals surface area contributed by atoms with E-state index in [4.69, 9.17) is 9.47 Å². The maximum atomic E-state index is 14.1. The standard InChI is InChI=1S/C20H11F8IN2O3/c1-7-9(3-8-4-10(29)18(11(5-8)33-2)34-6-20(26,27)28)19(32)31(30-7)17-15(24)13(22)12(21)14(23)16(17)25/h3-5H,6H2,1-2H3/b9-3+. The summed E-state index contributed by atoms with van der Waals surface area (Å²) in [7, 11) is 1.17. The van der Waals surface area contributed by atoms with Gasteiger partial charge < -0.3 is 9.47 Å². The molecule has 2 aromatic rings. The third-order valence-corrected chi connectivity index (χ3v) is 5.21. The lowest BCUT2D eigenvalue weighted by atomic mass is 10.1. The van der Waals surface area contributed by atoms with E-state index in [1.165, 1.54) is 26.2 Å². The van der Waals surface area contributed by atoms with Crippen molar-refractivity contribution in [1.82, 2.24) is 0 Å². The van der Waals surface area contributed by atoms with E-state index in [2.05, 4.69) is 5.10 Å². The van der Waals surface area contributed by atoms with Gasteiger partial charge in [-0.3, -0.25) is 4.79 Å². The maximum absolute atomic E-state index is 14.1. The second-order valence-corrected chi connectivity index (χ2v) is 7.88. The van der Waals surface area contributed by atoms with E-state index in [9.17, 15) is 39.9 Å². The molecule has 0 saturated carbocycles. The lowest BCUT2D eigenvalue weighted by Crippen LogP contribution is -2.25. The highest BCUT2D eigenvalue weighted by molar-refractivity contribution is 14.1. The highest BCUT2D eigenvalue weighted by Crippen LogP contribution is 2.37. The number of hydrogen-bond donors (Lipinski definition) is 0. The van der Waals surface area contributed by atoms with Crippen LogP contribution in [0.3, 0.4) is 0 Å². The van der Waals surface area contributed by atoms with Crippen molar-refractivity contribution in [2.45, 2.75) is 13.1 Å². The summed E-state index contributed by atoms with van der Waals surface area (Å²) in [5.41, 5.74) is -1.75. The molecule has 0 N–H and O–H groups in total. The van der Waals surface area contributed by atoms with Gasteiger partial charge in [-0.05, 0) is 53.3 Å². The van der Waals surface area contributed by atoms with Crippen LogP contribution in [0.25, 0.3) is 6.08 Å². The Morgan fingerprint density at radius 3 is 2.12 bits per heavy atom. The van der Waals surface area contributed by atoms with E-state index < -0.39 is 53.5 Å². The minimum atomic E-state index is -4.61. The van der Waals surface area contributed by atoms with Crippen LogP contribution in [-0.4, -0.2) is 31.5 Å².